The smallest absolute Gasteiger partial charge is 0.234 e. The molecule has 0 aromatic carbocycles. The van der Waals surface area contributed by atoms with E-state index in [1.165, 1.54) is 0 Å². The van der Waals surface area contributed by atoms with E-state index in [-0.39, 0.29) is 17.5 Å². The molecule has 1 unspecified atom stereocenters. The summed E-state index contributed by atoms with van der Waals surface area (Å²) in [5, 5.41) is 0. The summed E-state index contributed by atoms with van der Waals surface area (Å²) >= 11 is 0. The molecule has 3 heteroatoms. The lowest BCUT2D eigenvalue weighted by molar-refractivity contribution is -0.123. The Bertz CT molecular complexity index is 183. The van der Waals surface area contributed by atoms with Crippen LogP contribution >= 0.6 is 0 Å². The third-order valence-corrected chi connectivity index (χ3v) is 2.44. The van der Waals surface area contributed by atoms with Crippen molar-refractivity contribution in [3.63, 3.8) is 0 Å². The van der Waals surface area contributed by atoms with Gasteiger partial charge in [-0.3, -0.25) is 9.69 Å². The number of rotatable bonds is 1. The number of hydrogen-bond acceptors (Lipinski definition) is 2. The molecule has 1 fully saturated rings. The molecule has 0 aliphatic carbocycles. The van der Waals surface area contributed by atoms with Crippen molar-refractivity contribution in [2.24, 2.45) is 5.73 Å². The fraction of sp³-hybridized carbons (Fsp3) is 0.889. The Morgan fingerprint density at radius 3 is 2.42 bits per heavy atom. The van der Waals surface area contributed by atoms with Gasteiger partial charge in [-0.25, -0.2) is 0 Å². The molecule has 0 saturated carbocycles. The molecular weight excluding hydrogens is 152 g/mol. The highest BCUT2D eigenvalue weighted by molar-refractivity contribution is 5.80. The SMILES string of the molecule is CC(C)(C)N1CCCC1C(N)=O. The fourth-order valence-electron chi connectivity index (χ4n) is 1.87. The quantitative estimate of drug-likeness (QED) is 0.630. The van der Waals surface area contributed by atoms with Gasteiger partial charge in [0.05, 0.1) is 6.04 Å². The Morgan fingerprint density at radius 2 is 2.08 bits per heavy atom. The highest BCUT2D eigenvalue weighted by atomic mass is 16.1. The van der Waals surface area contributed by atoms with E-state index in [1.54, 1.807) is 0 Å². The van der Waals surface area contributed by atoms with E-state index in [0.29, 0.717) is 0 Å². The lowest BCUT2D eigenvalue weighted by Gasteiger charge is -2.35. The zero-order valence-corrected chi connectivity index (χ0v) is 8.13. The molecule has 3 nitrogen and oxygen atoms in total. The molecule has 1 saturated heterocycles. The van der Waals surface area contributed by atoms with E-state index < -0.39 is 0 Å². The first-order valence-electron chi connectivity index (χ1n) is 4.49. The summed E-state index contributed by atoms with van der Waals surface area (Å²) < 4.78 is 0. The molecule has 2 N–H and O–H groups in total. The largest absolute Gasteiger partial charge is 0.368 e. The molecule has 0 aromatic rings. The predicted octanol–water partition coefficient (Wildman–Crippen LogP) is 0.735. The summed E-state index contributed by atoms with van der Waals surface area (Å²) in [7, 11) is 0. The second-order valence-corrected chi connectivity index (χ2v) is 4.42. The summed E-state index contributed by atoms with van der Waals surface area (Å²) in [6.45, 7) is 7.36. The first-order chi connectivity index (χ1) is 5.43. The van der Waals surface area contributed by atoms with E-state index in [4.69, 9.17) is 5.73 Å². The van der Waals surface area contributed by atoms with Crippen LogP contribution in [0.5, 0.6) is 0 Å². The topological polar surface area (TPSA) is 46.3 Å². The summed E-state index contributed by atoms with van der Waals surface area (Å²) in [6, 6.07) is -0.0370. The zero-order valence-electron chi connectivity index (χ0n) is 8.13. The molecular formula is C9H18N2O. The molecule has 1 amide bonds. The number of likely N-dealkylation sites (tertiary alicyclic amines) is 1. The standard InChI is InChI=1S/C9H18N2O/c1-9(2,3)11-6-4-5-7(11)8(10)12/h7H,4-6H2,1-3H3,(H2,10,12). The van der Waals surface area contributed by atoms with E-state index in [1.807, 2.05) is 0 Å². The Kier molecular flexibility index (Phi) is 2.42. The van der Waals surface area contributed by atoms with Crippen LogP contribution in [-0.2, 0) is 4.79 Å². The molecule has 12 heavy (non-hydrogen) atoms. The van der Waals surface area contributed by atoms with Crippen LogP contribution in [0.2, 0.25) is 0 Å². The normalized spacial score (nSPS) is 26.1. The molecule has 0 bridgehead atoms. The van der Waals surface area contributed by atoms with Gasteiger partial charge in [-0.2, -0.15) is 0 Å². The first-order valence-corrected chi connectivity index (χ1v) is 4.49. The monoisotopic (exact) mass is 170 g/mol. The van der Waals surface area contributed by atoms with Gasteiger partial charge in [0.2, 0.25) is 5.91 Å². The number of amides is 1. The maximum Gasteiger partial charge on any atom is 0.234 e. The van der Waals surface area contributed by atoms with E-state index in [2.05, 4.69) is 25.7 Å². The van der Waals surface area contributed by atoms with Gasteiger partial charge in [0, 0.05) is 5.54 Å². The first kappa shape index (κ1) is 9.52. The molecule has 1 atom stereocenters. The van der Waals surface area contributed by atoms with Crippen molar-refractivity contribution >= 4 is 5.91 Å². The lowest BCUT2D eigenvalue weighted by Crippen LogP contribution is -2.49. The predicted molar refractivity (Wildman–Crippen MR) is 48.7 cm³/mol. The van der Waals surface area contributed by atoms with Gasteiger partial charge in [0.1, 0.15) is 0 Å². The molecule has 1 heterocycles. The number of carbonyl (C=O) groups is 1. The van der Waals surface area contributed by atoms with Gasteiger partial charge in [-0.05, 0) is 40.2 Å². The van der Waals surface area contributed by atoms with Gasteiger partial charge >= 0.3 is 0 Å². The van der Waals surface area contributed by atoms with Crippen molar-refractivity contribution < 1.29 is 4.79 Å². The maximum absolute atomic E-state index is 11.0. The maximum atomic E-state index is 11.0. The average molecular weight is 170 g/mol. The van der Waals surface area contributed by atoms with Crippen LogP contribution in [-0.4, -0.2) is 28.9 Å². The van der Waals surface area contributed by atoms with Crippen molar-refractivity contribution in [3.8, 4) is 0 Å². The van der Waals surface area contributed by atoms with Gasteiger partial charge in [-0.1, -0.05) is 0 Å². The highest BCUT2D eigenvalue weighted by Gasteiger charge is 2.35. The van der Waals surface area contributed by atoms with Crippen LogP contribution in [0.1, 0.15) is 33.6 Å². The van der Waals surface area contributed by atoms with Crippen molar-refractivity contribution in [2.75, 3.05) is 6.54 Å². The van der Waals surface area contributed by atoms with Crippen LogP contribution in [0.15, 0.2) is 0 Å². The summed E-state index contributed by atoms with van der Waals surface area (Å²) in [4.78, 5) is 13.2. The van der Waals surface area contributed by atoms with Gasteiger partial charge in [0.15, 0.2) is 0 Å². The van der Waals surface area contributed by atoms with Crippen LogP contribution in [0, 0.1) is 0 Å². The van der Waals surface area contributed by atoms with Crippen molar-refractivity contribution in [3.05, 3.63) is 0 Å². The van der Waals surface area contributed by atoms with Crippen molar-refractivity contribution in [1.29, 1.82) is 0 Å². The fourth-order valence-corrected chi connectivity index (χ4v) is 1.87. The molecule has 0 spiro atoms. The van der Waals surface area contributed by atoms with Crippen LogP contribution in [0.3, 0.4) is 0 Å². The number of nitrogens with zero attached hydrogens (tertiary/aromatic N) is 1. The minimum absolute atomic E-state index is 0.0370. The number of nitrogens with two attached hydrogens (primary N) is 1. The number of primary amides is 1. The minimum atomic E-state index is -0.178. The summed E-state index contributed by atoms with van der Waals surface area (Å²) in [5.74, 6) is -0.178. The average Bonchev–Trinajstić information content (AvgIpc) is 2.30. The Labute approximate surface area is 73.9 Å². The van der Waals surface area contributed by atoms with Crippen LogP contribution in [0.25, 0.3) is 0 Å². The molecule has 70 valence electrons. The van der Waals surface area contributed by atoms with Crippen LogP contribution in [0.4, 0.5) is 0 Å². The molecule has 1 aliphatic rings. The second kappa shape index (κ2) is 3.05. The third kappa shape index (κ3) is 1.78. The minimum Gasteiger partial charge on any atom is -0.368 e. The Morgan fingerprint density at radius 1 is 1.50 bits per heavy atom. The summed E-state index contributed by atoms with van der Waals surface area (Å²) in [5.41, 5.74) is 5.37. The number of carbonyl (C=O) groups excluding carboxylic acids is 1. The lowest BCUT2D eigenvalue weighted by atomic mass is 10.0. The van der Waals surface area contributed by atoms with Crippen molar-refractivity contribution in [1.82, 2.24) is 4.90 Å². The summed E-state index contributed by atoms with van der Waals surface area (Å²) in [6.07, 6.45) is 2.01. The van der Waals surface area contributed by atoms with E-state index >= 15 is 0 Å². The molecule has 0 aromatic heterocycles. The van der Waals surface area contributed by atoms with Crippen LogP contribution < -0.4 is 5.73 Å². The number of hydrogen-bond donors (Lipinski definition) is 1. The Hall–Kier alpha value is -0.570. The third-order valence-electron chi connectivity index (χ3n) is 2.44. The zero-order chi connectivity index (χ0) is 9.35. The van der Waals surface area contributed by atoms with Gasteiger partial charge in [-0.15, -0.1) is 0 Å². The Balaban J connectivity index is 2.71. The molecule has 0 radical (unpaired) electrons. The van der Waals surface area contributed by atoms with Gasteiger partial charge in [0.25, 0.3) is 0 Å². The second-order valence-electron chi connectivity index (χ2n) is 4.42. The van der Waals surface area contributed by atoms with E-state index in [0.717, 1.165) is 19.4 Å². The molecule has 1 rings (SSSR count). The molecule has 1 aliphatic heterocycles. The van der Waals surface area contributed by atoms with E-state index in [9.17, 15) is 4.79 Å². The highest BCUT2D eigenvalue weighted by Crippen LogP contribution is 2.25. The van der Waals surface area contributed by atoms with Crippen molar-refractivity contribution in [2.45, 2.75) is 45.2 Å². The van der Waals surface area contributed by atoms with Gasteiger partial charge < -0.3 is 5.73 Å².